The number of benzene rings is 4. The van der Waals surface area contributed by atoms with Crippen molar-refractivity contribution in [2.75, 3.05) is 18.0 Å². The smallest absolute Gasteiger partial charge is 0.264 e. The molecule has 0 radical (unpaired) electrons. The summed E-state index contributed by atoms with van der Waals surface area (Å²) in [5.74, 6) is -0.255. The van der Waals surface area contributed by atoms with E-state index in [1.165, 1.54) is 35.2 Å². The maximum absolute atomic E-state index is 14.7. The number of amides is 2. The van der Waals surface area contributed by atoms with Gasteiger partial charge < -0.3 is 15.0 Å². The van der Waals surface area contributed by atoms with Gasteiger partial charge in [0, 0.05) is 19.0 Å². The van der Waals surface area contributed by atoms with Crippen LogP contribution >= 0.6 is 23.2 Å². The number of hydrogen-bond donors (Lipinski definition) is 1. The van der Waals surface area contributed by atoms with Crippen molar-refractivity contribution in [3.63, 3.8) is 0 Å². The molecule has 11 heteroatoms. The van der Waals surface area contributed by atoms with Crippen molar-refractivity contribution in [3.8, 4) is 5.75 Å². The molecule has 0 spiro atoms. The molecule has 1 atom stereocenters. The van der Waals surface area contributed by atoms with Crippen molar-refractivity contribution in [3.05, 3.63) is 124 Å². The van der Waals surface area contributed by atoms with E-state index in [-0.39, 0.29) is 45.5 Å². The molecule has 0 aliphatic heterocycles. The summed E-state index contributed by atoms with van der Waals surface area (Å²) in [6, 6.07) is 26.7. The van der Waals surface area contributed by atoms with Gasteiger partial charge in [-0.3, -0.25) is 13.9 Å². The van der Waals surface area contributed by atoms with Gasteiger partial charge in [-0.05, 0) is 73.4 Å². The fraction of sp³-hybridized carbons (Fsp3) is 0.316. The summed E-state index contributed by atoms with van der Waals surface area (Å²) in [4.78, 5) is 30.5. The molecule has 258 valence electrons. The van der Waals surface area contributed by atoms with Gasteiger partial charge in [0.05, 0.1) is 27.7 Å². The van der Waals surface area contributed by atoms with Gasteiger partial charge in [0.25, 0.3) is 10.0 Å². The third kappa shape index (κ3) is 9.35. The number of halogens is 2. The monoisotopic (exact) mass is 721 g/mol. The topological polar surface area (TPSA) is 96.0 Å². The standard InChI is InChI=1S/C38H41Cl2N3O5S/c1-27-16-19-33(20-17-27)49(46,47)43(31-18-21-34(39)35(40)24-31)26-37(44)42(25-29-12-9-15-32(22-29)48-2)36(23-28-10-5-3-6-11-28)38(45)41-30-13-7-4-8-14-30/h3,5-6,9-12,15-22,24,30,36H,4,7-8,13-14,23,25-26H2,1-2H3,(H,41,45)/t36-/m1/s1. The molecule has 1 aliphatic rings. The van der Waals surface area contributed by atoms with E-state index in [0.717, 1.165) is 53.1 Å². The average molecular weight is 723 g/mol. The number of carbonyl (C=O) groups is 2. The Morgan fingerprint density at radius 1 is 0.857 bits per heavy atom. The van der Waals surface area contributed by atoms with Crippen LogP contribution in [0.15, 0.2) is 102 Å². The van der Waals surface area contributed by atoms with Crippen LogP contribution in [-0.2, 0) is 32.6 Å². The third-order valence-electron chi connectivity index (χ3n) is 8.79. The van der Waals surface area contributed by atoms with Gasteiger partial charge >= 0.3 is 0 Å². The maximum Gasteiger partial charge on any atom is 0.264 e. The number of methoxy groups -OCH3 is 1. The van der Waals surface area contributed by atoms with Crippen LogP contribution in [-0.4, -0.2) is 50.9 Å². The minimum absolute atomic E-state index is 0.00270. The van der Waals surface area contributed by atoms with Crippen LogP contribution in [0, 0.1) is 6.92 Å². The van der Waals surface area contributed by atoms with Crippen LogP contribution < -0.4 is 14.4 Å². The Kier molecular flexibility index (Phi) is 12.3. The van der Waals surface area contributed by atoms with Crippen molar-refractivity contribution in [2.45, 2.75) is 69.0 Å². The fourth-order valence-corrected chi connectivity index (χ4v) is 7.77. The second-order valence-corrected chi connectivity index (χ2v) is 15.0. The van der Waals surface area contributed by atoms with Crippen molar-refractivity contribution in [1.82, 2.24) is 10.2 Å². The zero-order chi connectivity index (χ0) is 35.0. The minimum Gasteiger partial charge on any atom is -0.497 e. The minimum atomic E-state index is -4.28. The molecule has 1 saturated carbocycles. The predicted molar refractivity (Wildman–Crippen MR) is 195 cm³/mol. The van der Waals surface area contributed by atoms with Crippen molar-refractivity contribution in [2.24, 2.45) is 0 Å². The lowest BCUT2D eigenvalue weighted by Crippen LogP contribution is -2.55. The number of sulfonamides is 1. The Hall–Kier alpha value is -4.05. The van der Waals surface area contributed by atoms with Crippen LogP contribution in [0.4, 0.5) is 5.69 Å². The molecule has 2 amide bonds. The van der Waals surface area contributed by atoms with Gasteiger partial charge in [-0.2, -0.15) is 0 Å². The molecule has 0 aromatic heterocycles. The lowest BCUT2D eigenvalue weighted by Gasteiger charge is -2.35. The van der Waals surface area contributed by atoms with Gasteiger partial charge in [-0.25, -0.2) is 8.42 Å². The van der Waals surface area contributed by atoms with Crippen LogP contribution in [0.1, 0.15) is 48.8 Å². The summed E-state index contributed by atoms with van der Waals surface area (Å²) in [5.41, 5.74) is 2.63. The Morgan fingerprint density at radius 3 is 2.22 bits per heavy atom. The van der Waals surface area contributed by atoms with E-state index in [1.807, 2.05) is 49.4 Å². The van der Waals surface area contributed by atoms with E-state index in [1.54, 1.807) is 31.4 Å². The number of hydrogen-bond acceptors (Lipinski definition) is 5. The Bertz CT molecular complexity index is 1850. The number of nitrogens with zero attached hydrogens (tertiary/aromatic N) is 2. The lowest BCUT2D eigenvalue weighted by atomic mass is 9.94. The van der Waals surface area contributed by atoms with E-state index in [4.69, 9.17) is 27.9 Å². The largest absolute Gasteiger partial charge is 0.497 e. The SMILES string of the molecule is COc1cccc(CN(C(=O)CN(c2ccc(Cl)c(Cl)c2)S(=O)(=O)c2ccc(C)cc2)[C@H](Cc2ccccc2)C(=O)NC2CCCCC2)c1. The van der Waals surface area contributed by atoms with E-state index in [2.05, 4.69) is 5.32 Å². The highest BCUT2D eigenvalue weighted by atomic mass is 35.5. The third-order valence-corrected chi connectivity index (χ3v) is 11.3. The van der Waals surface area contributed by atoms with Crippen molar-refractivity contribution >= 4 is 50.7 Å². The van der Waals surface area contributed by atoms with Crippen molar-refractivity contribution < 1.29 is 22.7 Å². The molecule has 4 aromatic rings. The van der Waals surface area contributed by atoms with Gasteiger partial charge in [0.2, 0.25) is 11.8 Å². The number of ether oxygens (including phenoxy) is 1. The average Bonchev–Trinajstić information content (AvgIpc) is 3.11. The highest BCUT2D eigenvalue weighted by Gasteiger charge is 2.35. The first-order valence-corrected chi connectivity index (χ1v) is 18.6. The van der Waals surface area contributed by atoms with Gasteiger partial charge in [0.1, 0.15) is 18.3 Å². The highest BCUT2D eigenvalue weighted by molar-refractivity contribution is 7.92. The van der Waals surface area contributed by atoms with Gasteiger partial charge in [0.15, 0.2) is 0 Å². The first-order valence-electron chi connectivity index (χ1n) is 16.4. The summed E-state index contributed by atoms with van der Waals surface area (Å²) in [6.45, 7) is 1.30. The molecule has 5 rings (SSSR count). The quantitative estimate of drug-likeness (QED) is 0.154. The van der Waals surface area contributed by atoms with E-state index in [9.17, 15) is 18.0 Å². The van der Waals surface area contributed by atoms with E-state index >= 15 is 0 Å². The Labute approximate surface area is 299 Å². The zero-order valence-electron chi connectivity index (χ0n) is 27.6. The van der Waals surface area contributed by atoms with Crippen molar-refractivity contribution in [1.29, 1.82) is 0 Å². The number of anilines is 1. The summed E-state index contributed by atoms with van der Waals surface area (Å²) < 4.78 is 35.0. The Morgan fingerprint density at radius 2 is 1.55 bits per heavy atom. The molecule has 1 fully saturated rings. The number of rotatable bonds is 13. The lowest BCUT2D eigenvalue weighted by molar-refractivity contribution is -0.140. The fourth-order valence-electron chi connectivity index (χ4n) is 6.07. The summed E-state index contributed by atoms with van der Waals surface area (Å²) in [7, 11) is -2.72. The van der Waals surface area contributed by atoms with Crippen LogP contribution in [0.2, 0.25) is 10.0 Å². The molecule has 4 aromatic carbocycles. The molecule has 1 N–H and O–H groups in total. The molecule has 0 unspecified atom stereocenters. The molecule has 1 aliphatic carbocycles. The highest BCUT2D eigenvalue weighted by Crippen LogP contribution is 2.31. The molecule has 0 saturated heterocycles. The number of carbonyl (C=O) groups excluding carboxylic acids is 2. The van der Waals surface area contributed by atoms with Gasteiger partial charge in [-0.1, -0.05) is 103 Å². The maximum atomic E-state index is 14.7. The second-order valence-electron chi connectivity index (χ2n) is 12.3. The molecular weight excluding hydrogens is 681 g/mol. The number of aryl methyl sites for hydroxylation is 1. The second kappa shape index (κ2) is 16.6. The van der Waals surface area contributed by atoms with E-state index in [0.29, 0.717) is 5.75 Å². The predicted octanol–water partition coefficient (Wildman–Crippen LogP) is 7.59. The first-order chi connectivity index (χ1) is 23.5. The normalized spacial score (nSPS) is 14.1. The first kappa shape index (κ1) is 36.2. The Balaban J connectivity index is 1.58. The molecular formula is C38H41Cl2N3O5S. The number of nitrogens with one attached hydrogen (secondary N) is 1. The van der Waals surface area contributed by atoms with E-state index < -0.39 is 28.5 Å². The zero-order valence-corrected chi connectivity index (χ0v) is 30.0. The van der Waals surface area contributed by atoms with Crippen LogP contribution in [0.25, 0.3) is 0 Å². The molecule has 0 heterocycles. The molecule has 8 nitrogen and oxygen atoms in total. The van der Waals surface area contributed by atoms with Crippen LogP contribution in [0.3, 0.4) is 0 Å². The summed E-state index contributed by atoms with van der Waals surface area (Å²) in [5, 5.41) is 3.60. The molecule has 0 bridgehead atoms. The summed E-state index contributed by atoms with van der Waals surface area (Å²) in [6.07, 6.45) is 5.14. The van der Waals surface area contributed by atoms with Crippen LogP contribution in [0.5, 0.6) is 5.75 Å². The van der Waals surface area contributed by atoms with Gasteiger partial charge in [-0.15, -0.1) is 0 Å². The molecule has 49 heavy (non-hydrogen) atoms. The summed E-state index contributed by atoms with van der Waals surface area (Å²) >= 11 is 12.6.